The lowest BCUT2D eigenvalue weighted by molar-refractivity contribution is -0.137. The van der Waals surface area contributed by atoms with Crippen LogP contribution in [0.25, 0.3) is 0 Å². The Morgan fingerprint density at radius 1 is 1.47 bits per heavy atom. The number of amides is 1. The summed E-state index contributed by atoms with van der Waals surface area (Å²) in [5.41, 5.74) is 5.78. The number of hydrogen-bond acceptors (Lipinski definition) is 3. The summed E-state index contributed by atoms with van der Waals surface area (Å²) in [4.78, 5) is 14.2. The summed E-state index contributed by atoms with van der Waals surface area (Å²) in [6.45, 7) is 4.51. The van der Waals surface area contributed by atoms with E-state index in [0.717, 1.165) is 38.8 Å². The van der Waals surface area contributed by atoms with E-state index in [9.17, 15) is 4.79 Å². The third-order valence-corrected chi connectivity index (χ3v) is 4.00. The average Bonchev–Trinajstić information content (AvgIpc) is 2.81. The highest BCUT2D eigenvalue weighted by Crippen LogP contribution is 2.24. The zero-order chi connectivity index (χ0) is 12.3. The molecule has 4 heteroatoms. The molecule has 0 radical (unpaired) electrons. The second kappa shape index (κ2) is 5.83. The van der Waals surface area contributed by atoms with Crippen LogP contribution < -0.4 is 5.73 Å². The standard InChI is InChI=1S/C13H24N2O2/c1-10-4-5-15(11(7-10)9-14)13(16)8-12-3-2-6-17-12/h10-12H,2-9,14H2,1H3. The van der Waals surface area contributed by atoms with E-state index in [2.05, 4.69) is 6.92 Å². The van der Waals surface area contributed by atoms with Crippen molar-refractivity contribution >= 4 is 5.91 Å². The summed E-state index contributed by atoms with van der Waals surface area (Å²) in [5, 5.41) is 0. The first-order chi connectivity index (χ1) is 8.20. The number of piperidine rings is 1. The topological polar surface area (TPSA) is 55.6 Å². The molecule has 2 rings (SSSR count). The number of nitrogens with zero attached hydrogens (tertiary/aromatic N) is 1. The maximum atomic E-state index is 12.2. The summed E-state index contributed by atoms with van der Waals surface area (Å²) in [5.74, 6) is 0.926. The molecule has 0 aromatic carbocycles. The second-order valence-electron chi connectivity index (χ2n) is 5.45. The van der Waals surface area contributed by atoms with Crippen molar-refractivity contribution in [3.8, 4) is 0 Å². The summed E-state index contributed by atoms with van der Waals surface area (Å²) >= 11 is 0. The SMILES string of the molecule is CC1CCN(C(=O)CC2CCCO2)C(CN)C1. The van der Waals surface area contributed by atoms with E-state index >= 15 is 0 Å². The number of likely N-dealkylation sites (tertiary alicyclic amines) is 1. The normalized spacial score (nSPS) is 34.0. The minimum atomic E-state index is 0.153. The fourth-order valence-corrected chi connectivity index (χ4v) is 2.92. The minimum Gasteiger partial charge on any atom is -0.378 e. The van der Waals surface area contributed by atoms with Crippen molar-refractivity contribution < 1.29 is 9.53 Å². The molecule has 0 saturated carbocycles. The Labute approximate surface area is 103 Å². The van der Waals surface area contributed by atoms with Gasteiger partial charge in [0.1, 0.15) is 0 Å². The van der Waals surface area contributed by atoms with Gasteiger partial charge in [0.2, 0.25) is 5.91 Å². The Hall–Kier alpha value is -0.610. The van der Waals surface area contributed by atoms with Crippen molar-refractivity contribution in [1.82, 2.24) is 4.90 Å². The van der Waals surface area contributed by atoms with Crippen LogP contribution in [-0.4, -0.2) is 42.6 Å². The van der Waals surface area contributed by atoms with Gasteiger partial charge >= 0.3 is 0 Å². The molecule has 2 heterocycles. The molecular weight excluding hydrogens is 216 g/mol. The van der Waals surface area contributed by atoms with Gasteiger partial charge < -0.3 is 15.4 Å². The smallest absolute Gasteiger partial charge is 0.225 e. The van der Waals surface area contributed by atoms with Crippen molar-refractivity contribution in [1.29, 1.82) is 0 Å². The highest BCUT2D eigenvalue weighted by atomic mass is 16.5. The predicted molar refractivity (Wildman–Crippen MR) is 66.5 cm³/mol. The van der Waals surface area contributed by atoms with Crippen LogP contribution in [0, 0.1) is 5.92 Å². The van der Waals surface area contributed by atoms with Gasteiger partial charge in [-0.1, -0.05) is 6.92 Å². The van der Waals surface area contributed by atoms with Crippen LogP contribution in [0.2, 0.25) is 0 Å². The maximum Gasteiger partial charge on any atom is 0.225 e. The lowest BCUT2D eigenvalue weighted by atomic mass is 9.92. The minimum absolute atomic E-state index is 0.153. The molecule has 2 saturated heterocycles. The predicted octanol–water partition coefficient (Wildman–Crippen LogP) is 1.14. The number of nitrogens with two attached hydrogens (primary N) is 1. The van der Waals surface area contributed by atoms with Gasteiger partial charge in [0.05, 0.1) is 12.5 Å². The lowest BCUT2D eigenvalue weighted by Crippen LogP contribution is -2.49. The number of hydrogen-bond donors (Lipinski definition) is 1. The summed E-state index contributed by atoms with van der Waals surface area (Å²) < 4.78 is 5.53. The van der Waals surface area contributed by atoms with E-state index in [1.165, 1.54) is 0 Å². The van der Waals surface area contributed by atoms with Gasteiger partial charge in [0.25, 0.3) is 0 Å². The molecule has 1 amide bonds. The van der Waals surface area contributed by atoms with Gasteiger partial charge in [0, 0.05) is 25.7 Å². The van der Waals surface area contributed by atoms with Gasteiger partial charge in [-0.3, -0.25) is 4.79 Å². The van der Waals surface area contributed by atoms with Crippen LogP contribution in [-0.2, 0) is 9.53 Å². The first kappa shape index (κ1) is 12.8. The van der Waals surface area contributed by atoms with E-state index in [4.69, 9.17) is 10.5 Å². The van der Waals surface area contributed by atoms with Crippen LogP contribution in [0.3, 0.4) is 0 Å². The Balaban J connectivity index is 1.88. The number of carbonyl (C=O) groups is 1. The third-order valence-electron chi connectivity index (χ3n) is 4.00. The summed E-state index contributed by atoms with van der Waals surface area (Å²) in [6.07, 6.45) is 4.98. The van der Waals surface area contributed by atoms with E-state index < -0.39 is 0 Å². The molecule has 0 bridgehead atoms. The van der Waals surface area contributed by atoms with Crippen LogP contribution in [0.1, 0.15) is 39.0 Å². The van der Waals surface area contributed by atoms with E-state index in [-0.39, 0.29) is 18.1 Å². The van der Waals surface area contributed by atoms with Crippen LogP contribution in [0.4, 0.5) is 0 Å². The summed E-state index contributed by atoms with van der Waals surface area (Å²) in [6, 6.07) is 0.243. The Kier molecular flexibility index (Phi) is 4.40. The average molecular weight is 240 g/mol. The zero-order valence-electron chi connectivity index (χ0n) is 10.7. The van der Waals surface area contributed by atoms with Gasteiger partial charge in [-0.25, -0.2) is 0 Å². The van der Waals surface area contributed by atoms with Crippen molar-refractivity contribution in [2.45, 2.75) is 51.2 Å². The van der Waals surface area contributed by atoms with Crippen LogP contribution >= 0.6 is 0 Å². The van der Waals surface area contributed by atoms with Crippen LogP contribution in [0.15, 0.2) is 0 Å². The third kappa shape index (κ3) is 3.19. The number of ether oxygens (including phenoxy) is 1. The molecule has 3 unspecified atom stereocenters. The van der Waals surface area contributed by atoms with Crippen molar-refractivity contribution in [3.05, 3.63) is 0 Å². The molecule has 3 atom stereocenters. The highest BCUT2D eigenvalue weighted by molar-refractivity contribution is 5.77. The van der Waals surface area contributed by atoms with Gasteiger partial charge in [0.15, 0.2) is 0 Å². The Morgan fingerprint density at radius 2 is 2.29 bits per heavy atom. The van der Waals surface area contributed by atoms with Crippen LogP contribution in [0.5, 0.6) is 0 Å². The highest BCUT2D eigenvalue weighted by Gasteiger charge is 2.30. The largest absolute Gasteiger partial charge is 0.378 e. The monoisotopic (exact) mass is 240 g/mol. The van der Waals surface area contributed by atoms with Gasteiger partial charge in [-0.15, -0.1) is 0 Å². The molecule has 17 heavy (non-hydrogen) atoms. The molecule has 0 spiro atoms. The van der Waals surface area contributed by atoms with Crippen molar-refractivity contribution in [2.75, 3.05) is 19.7 Å². The van der Waals surface area contributed by atoms with E-state index in [0.29, 0.717) is 18.9 Å². The lowest BCUT2D eigenvalue weighted by Gasteiger charge is -2.38. The molecule has 2 aliphatic heterocycles. The fourth-order valence-electron chi connectivity index (χ4n) is 2.92. The van der Waals surface area contributed by atoms with Gasteiger partial charge in [-0.2, -0.15) is 0 Å². The summed E-state index contributed by atoms with van der Waals surface area (Å²) in [7, 11) is 0. The Morgan fingerprint density at radius 3 is 2.94 bits per heavy atom. The molecular formula is C13H24N2O2. The number of carbonyl (C=O) groups excluding carboxylic acids is 1. The second-order valence-corrected chi connectivity index (χ2v) is 5.45. The molecule has 0 aromatic heterocycles. The molecule has 98 valence electrons. The van der Waals surface area contributed by atoms with Crippen molar-refractivity contribution in [2.24, 2.45) is 11.7 Å². The first-order valence-electron chi connectivity index (χ1n) is 6.82. The zero-order valence-corrected chi connectivity index (χ0v) is 10.7. The first-order valence-corrected chi connectivity index (χ1v) is 6.82. The molecule has 0 aromatic rings. The molecule has 2 fully saturated rings. The quantitative estimate of drug-likeness (QED) is 0.805. The molecule has 2 N–H and O–H groups in total. The van der Waals surface area contributed by atoms with Crippen molar-refractivity contribution in [3.63, 3.8) is 0 Å². The van der Waals surface area contributed by atoms with E-state index in [1.807, 2.05) is 4.90 Å². The molecule has 4 nitrogen and oxygen atoms in total. The fraction of sp³-hybridized carbons (Fsp3) is 0.923. The molecule has 0 aliphatic carbocycles. The number of rotatable bonds is 3. The molecule has 2 aliphatic rings. The Bertz CT molecular complexity index is 264. The van der Waals surface area contributed by atoms with Gasteiger partial charge in [-0.05, 0) is 31.6 Å². The van der Waals surface area contributed by atoms with E-state index in [1.54, 1.807) is 0 Å². The maximum absolute atomic E-state index is 12.2.